The van der Waals surface area contributed by atoms with Crippen LogP contribution in [-0.2, 0) is 4.74 Å². The van der Waals surface area contributed by atoms with E-state index in [1.165, 1.54) is 6.07 Å². The molecule has 26 heavy (non-hydrogen) atoms. The van der Waals surface area contributed by atoms with Gasteiger partial charge in [-0.15, -0.1) is 0 Å². The summed E-state index contributed by atoms with van der Waals surface area (Å²) in [5.74, 6) is -0.352. The molecule has 1 N–H and O–H groups in total. The van der Waals surface area contributed by atoms with E-state index in [-0.39, 0.29) is 16.6 Å². The van der Waals surface area contributed by atoms with E-state index in [4.69, 9.17) is 16.3 Å². The Hall–Kier alpha value is -2.16. The lowest BCUT2D eigenvalue weighted by molar-refractivity contribution is -0.384. The molecule has 0 unspecified atom stereocenters. The summed E-state index contributed by atoms with van der Waals surface area (Å²) in [7, 11) is 0. The van der Waals surface area contributed by atoms with Crippen molar-refractivity contribution < 1.29 is 14.5 Å². The number of halogens is 2. The number of carbonyl (C=O) groups is 1. The van der Waals surface area contributed by atoms with Crippen LogP contribution in [0.3, 0.4) is 0 Å². The molecule has 0 atom stereocenters. The lowest BCUT2D eigenvalue weighted by atomic mass is 10.1. The summed E-state index contributed by atoms with van der Waals surface area (Å²) in [6.45, 7) is 2.03. The van der Waals surface area contributed by atoms with Gasteiger partial charge in [0.05, 0.1) is 28.8 Å². The molecule has 2 aromatic carbocycles. The molecule has 0 spiro atoms. The Labute approximate surface area is 163 Å². The van der Waals surface area contributed by atoms with Gasteiger partial charge < -0.3 is 15.0 Å². The van der Waals surface area contributed by atoms with E-state index in [1.807, 2.05) is 11.0 Å². The lowest BCUT2D eigenvalue weighted by Gasteiger charge is -2.29. The van der Waals surface area contributed by atoms with Crippen LogP contribution in [0.2, 0.25) is 5.02 Å². The average molecular weight is 441 g/mol. The Morgan fingerprint density at radius 1 is 1.27 bits per heavy atom. The number of hydrogen-bond donors (Lipinski definition) is 1. The Morgan fingerprint density at radius 2 is 2.00 bits per heavy atom. The van der Waals surface area contributed by atoms with Crippen LogP contribution in [0.25, 0.3) is 0 Å². The van der Waals surface area contributed by atoms with Crippen molar-refractivity contribution in [1.29, 1.82) is 0 Å². The quantitative estimate of drug-likeness (QED) is 0.571. The number of nitro benzene ring substituents is 1. The van der Waals surface area contributed by atoms with Gasteiger partial charge in [-0.05, 0) is 24.3 Å². The third-order valence-electron chi connectivity index (χ3n) is 3.95. The van der Waals surface area contributed by atoms with Crippen LogP contribution in [0.1, 0.15) is 10.4 Å². The van der Waals surface area contributed by atoms with Gasteiger partial charge in [0.25, 0.3) is 11.6 Å². The monoisotopic (exact) mass is 439 g/mol. The van der Waals surface area contributed by atoms with E-state index in [2.05, 4.69) is 21.2 Å². The van der Waals surface area contributed by atoms with Crippen molar-refractivity contribution in [2.75, 3.05) is 36.5 Å². The largest absolute Gasteiger partial charge is 0.378 e. The third kappa shape index (κ3) is 4.14. The van der Waals surface area contributed by atoms with E-state index in [9.17, 15) is 14.9 Å². The van der Waals surface area contributed by atoms with Crippen molar-refractivity contribution >= 4 is 50.5 Å². The normalized spacial score (nSPS) is 14.2. The summed E-state index contributed by atoms with van der Waals surface area (Å²) < 4.78 is 6.07. The second-order valence-electron chi connectivity index (χ2n) is 5.64. The number of nitrogens with one attached hydrogen (secondary N) is 1. The minimum absolute atomic E-state index is 0.0997. The number of rotatable bonds is 4. The molecule has 2 aromatic rings. The predicted molar refractivity (Wildman–Crippen MR) is 103 cm³/mol. The molecule has 7 nitrogen and oxygen atoms in total. The second kappa shape index (κ2) is 8.03. The molecule has 1 saturated heterocycles. The number of ether oxygens (including phenoxy) is 1. The van der Waals surface area contributed by atoms with E-state index in [0.717, 1.165) is 4.47 Å². The number of nitrogens with zero attached hydrogens (tertiary/aromatic N) is 2. The molecular formula is C17H15BrClN3O4. The molecule has 0 aromatic heterocycles. The van der Waals surface area contributed by atoms with Crippen LogP contribution in [0.15, 0.2) is 40.9 Å². The van der Waals surface area contributed by atoms with Gasteiger partial charge in [-0.3, -0.25) is 14.9 Å². The molecule has 9 heteroatoms. The summed E-state index contributed by atoms with van der Waals surface area (Å²) in [5, 5.41) is 14.2. The fraction of sp³-hybridized carbons (Fsp3) is 0.235. The molecule has 0 bridgehead atoms. The maximum atomic E-state index is 12.5. The summed E-state index contributed by atoms with van der Waals surface area (Å²) >= 11 is 9.50. The van der Waals surface area contributed by atoms with Crippen LogP contribution >= 0.6 is 27.5 Å². The smallest absolute Gasteiger partial charge is 0.294 e. The van der Waals surface area contributed by atoms with Gasteiger partial charge in [0.15, 0.2) is 0 Å². The molecule has 0 saturated carbocycles. The molecule has 3 rings (SSSR count). The average Bonchev–Trinajstić information content (AvgIpc) is 2.63. The number of morpholine rings is 1. The second-order valence-corrected chi connectivity index (χ2v) is 6.96. The lowest BCUT2D eigenvalue weighted by Crippen LogP contribution is -2.36. The van der Waals surface area contributed by atoms with Crippen molar-refractivity contribution in [1.82, 2.24) is 0 Å². The van der Waals surface area contributed by atoms with Crippen molar-refractivity contribution in [2.45, 2.75) is 0 Å². The van der Waals surface area contributed by atoms with E-state index in [1.54, 1.807) is 24.3 Å². The molecule has 1 amide bonds. The highest BCUT2D eigenvalue weighted by Crippen LogP contribution is 2.37. The van der Waals surface area contributed by atoms with Gasteiger partial charge in [0.1, 0.15) is 5.69 Å². The molecule has 1 fully saturated rings. The summed E-state index contributed by atoms with van der Waals surface area (Å²) in [5.41, 5.74) is 1.08. The predicted octanol–water partition coefficient (Wildman–Crippen LogP) is 4.10. The fourth-order valence-corrected chi connectivity index (χ4v) is 3.28. The van der Waals surface area contributed by atoms with E-state index < -0.39 is 4.92 Å². The first-order valence-corrected chi connectivity index (χ1v) is 9.00. The van der Waals surface area contributed by atoms with Gasteiger partial charge >= 0.3 is 0 Å². The Balaban J connectivity index is 1.94. The molecule has 0 aliphatic carbocycles. The highest BCUT2D eigenvalue weighted by atomic mass is 79.9. The molecule has 1 aliphatic rings. The molecule has 136 valence electrons. The van der Waals surface area contributed by atoms with Crippen molar-refractivity contribution in [3.63, 3.8) is 0 Å². The van der Waals surface area contributed by atoms with Gasteiger partial charge in [0, 0.05) is 29.2 Å². The van der Waals surface area contributed by atoms with Crippen molar-refractivity contribution in [2.24, 2.45) is 0 Å². The van der Waals surface area contributed by atoms with Gasteiger partial charge in [-0.2, -0.15) is 0 Å². The van der Waals surface area contributed by atoms with Crippen LogP contribution in [0.4, 0.5) is 17.1 Å². The standard InChI is InChI=1S/C17H15BrClN3O4/c18-12-3-1-2-11(8-12)17(23)20-14-10-15(21-4-6-26-7-5-21)16(22(24)25)9-13(14)19/h1-3,8-10H,4-7H2,(H,20,23). The summed E-state index contributed by atoms with van der Waals surface area (Å²) in [6.07, 6.45) is 0. The number of benzene rings is 2. The number of hydrogen-bond acceptors (Lipinski definition) is 5. The van der Waals surface area contributed by atoms with Crippen molar-refractivity contribution in [3.8, 4) is 0 Å². The highest BCUT2D eigenvalue weighted by Gasteiger charge is 2.24. The molecular weight excluding hydrogens is 426 g/mol. The molecule has 1 heterocycles. The highest BCUT2D eigenvalue weighted by molar-refractivity contribution is 9.10. The zero-order chi connectivity index (χ0) is 18.7. The Bertz CT molecular complexity index is 856. The van der Waals surface area contributed by atoms with Crippen LogP contribution in [0.5, 0.6) is 0 Å². The first kappa shape index (κ1) is 18.6. The first-order valence-electron chi connectivity index (χ1n) is 7.83. The van der Waals surface area contributed by atoms with Gasteiger partial charge in [-0.25, -0.2) is 0 Å². The maximum Gasteiger partial charge on any atom is 0.294 e. The Kier molecular flexibility index (Phi) is 5.75. The van der Waals surface area contributed by atoms with Gasteiger partial charge in [-0.1, -0.05) is 33.6 Å². The summed E-state index contributed by atoms with van der Waals surface area (Å²) in [4.78, 5) is 25.3. The SMILES string of the molecule is O=C(Nc1cc(N2CCOCC2)c([N+](=O)[O-])cc1Cl)c1cccc(Br)c1. The topological polar surface area (TPSA) is 84.7 Å². The Morgan fingerprint density at radius 3 is 2.65 bits per heavy atom. The number of nitro groups is 1. The zero-order valence-electron chi connectivity index (χ0n) is 13.6. The minimum Gasteiger partial charge on any atom is -0.378 e. The zero-order valence-corrected chi connectivity index (χ0v) is 15.9. The first-order chi connectivity index (χ1) is 12.5. The van der Waals surface area contributed by atoms with Crippen LogP contribution in [-0.4, -0.2) is 37.1 Å². The minimum atomic E-state index is -0.476. The number of carbonyl (C=O) groups excluding carboxylic acids is 1. The molecule has 0 radical (unpaired) electrons. The van der Waals surface area contributed by atoms with Crippen LogP contribution < -0.4 is 10.2 Å². The fourth-order valence-electron chi connectivity index (χ4n) is 2.68. The van der Waals surface area contributed by atoms with Crippen molar-refractivity contribution in [3.05, 3.63) is 61.6 Å². The number of anilines is 2. The number of amides is 1. The summed E-state index contributed by atoms with van der Waals surface area (Å²) in [6, 6.07) is 9.71. The molecule has 1 aliphatic heterocycles. The van der Waals surface area contributed by atoms with E-state index >= 15 is 0 Å². The van der Waals surface area contributed by atoms with Crippen LogP contribution in [0, 0.1) is 10.1 Å². The maximum absolute atomic E-state index is 12.5. The van der Waals surface area contributed by atoms with Gasteiger partial charge in [0.2, 0.25) is 0 Å². The third-order valence-corrected chi connectivity index (χ3v) is 4.75. The van der Waals surface area contributed by atoms with E-state index in [0.29, 0.717) is 43.2 Å².